The molecule has 15 heavy (non-hydrogen) atoms. The number of hydrazine groups is 1. The van der Waals surface area contributed by atoms with Crippen LogP contribution in [0.2, 0.25) is 0 Å². The summed E-state index contributed by atoms with van der Waals surface area (Å²) in [6, 6.07) is 1.86. The minimum absolute atomic E-state index is 0.520. The zero-order valence-electron chi connectivity index (χ0n) is 9.33. The molecule has 1 saturated carbocycles. The van der Waals surface area contributed by atoms with Gasteiger partial charge in [-0.3, -0.25) is 0 Å². The molecule has 1 aromatic heterocycles. The van der Waals surface area contributed by atoms with Crippen LogP contribution in [0.1, 0.15) is 43.6 Å². The molecule has 2 unspecified atom stereocenters. The van der Waals surface area contributed by atoms with Gasteiger partial charge in [-0.1, -0.05) is 6.92 Å². The first kappa shape index (κ1) is 10.4. The van der Waals surface area contributed by atoms with E-state index < -0.39 is 0 Å². The van der Waals surface area contributed by atoms with Gasteiger partial charge in [0.05, 0.1) is 0 Å². The topological polar surface area (TPSA) is 63.8 Å². The second-order valence-corrected chi connectivity index (χ2v) is 4.51. The Labute approximate surface area is 90.3 Å². The van der Waals surface area contributed by atoms with Crippen LogP contribution in [-0.4, -0.2) is 9.97 Å². The molecular weight excluding hydrogens is 188 g/mol. The molecule has 1 aliphatic rings. The summed E-state index contributed by atoms with van der Waals surface area (Å²) in [5.41, 5.74) is 3.57. The lowest BCUT2D eigenvalue weighted by atomic mass is 10.1. The summed E-state index contributed by atoms with van der Waals surface area (Å²) in [4.78, 5) is 8.91. The normalized spacial score (nSPS) is 25.5. The van der Waals surface area contributed by atoms with E-state index in [-0.39, 0.29) is 0 Å². The summed E-state index contributed by atoms with van der Waals surface area (Å²) in [5.74, 6) is 8.36. The van der Waals surface area contributed by atoms with Crippen LogP contribution in [0.4, 0.5) is 5.82 Å². The maximum Gasteiger partial charge on any atom is 0.143 e. The van der Waals surface area contributed by atoms with Crippen molar-refractivity contribution in [3.63, 3.8) is 0 Å². The van der Waals surface area contributed by atoms with E-state index in [1.54, 1.807) is 0 Å². The van der Waals surface area contributed by atoms with E-state index in [0.29, 0.717) is 5.92 Å². The minimum Gasteiger partial charge on any atom is -0.308 e. The molecule has 0 amide bonds. The molecule has 4 nitrogen and oxygen atoms in total. The van der Waals surface area contributed by atoms with Gasteiger partial charge in [-0.25, -0.2) is 15.8 Å². The van der Waals surface area contributed by atoms with Crippen LogP contribution >= 0.6 is 0 Å². The van der Waals surface area contributed by atoms with Gasteiger partial charge in [-0.15, -0.1) is 0 Å². The summed E-state index contributed by atoms with van der Waals surface area (Å²) in [6.45, 7) is 4.27. The number of hydrogen-bond acceptors (Lipinski definition) is 4. The molecule has 1 fully saturated rings. The Morgan fingerprint density at radius 1 is 1.40 bits per heavy atom. The number of aryl methyl sites for hydroxylation is 1. The Balaban J connectivity index is 2.24. The van der Waals surface area contributed by atoms with Crippen LogP contribution in [0.5, 0.6) is 0 Å². The number of aromatic nitrogens is 2. The standard InChI is InChI=1S/C11H18N4/c1-7-3-4-9(5-7)11-13-8(2)6-10(14-11)15-12/h6-7,9H,3-5,12H2,1-2H3,(H,13,14,15). The van der Waals surface area contributed by atoms with Crippen molar-refractivity contribution in [1.29, 1.82) is 0 Å². The summed E-state index contributed by atoms with van der Waals surface area (Å²) in [6.07, 6.45) is 3.69. The van der Waals surface area contributed by atoms with Crippen molar-refractivity contribution in [2.75, 3.05) is 5.43 Å². The van der Waals surface area contributed by atoms with E-state index >= 15 is 0 Å². The predicted molar refractivity (Wildman–Crippen MR) is 60.3 cm³/mol. The van der Waals surface area contributed by atoms with Crippen molar-refractivity contribution < 1.29 is 0 Å². The molecule has 2 rings (SSSR count). The van der Waals surface area contributed by atoms with Crippen LogP contribution in [0.15, 0.2) is 6.07 Å². The highest BCUT2D eigenvalue weighted by Crippen LogP contribution is 2.36. The van der Waals surface area contributed by atoms with Gasteiger partial charge in [-0.2, -0.15) is 0 Å². The maximum atomic E-state index is 5.37. The molecular formula is C11H18N4. The van der Waals surface area contributed by atoms with Crippen LogP contribution in [0.3, 0.4) is 0 Å². The van der Waals surface area contributed by atoms with E-state index in [0.717, 1.165) is 23.3 Å². The molecule has 0 saturated heterocycles. The van der Waals surface area contributed by atoms with Gasteiger partial charge in [0.1, 0.15) is 11.6 Å². The van der Waals surface area contributed by atoms with Crippen molar-refractivity contribution in [1.82, 2.24) is 9.97 Å². The molecule has 0 spiro atoms. The van der Waals surface area contributed by atoms with E-state index in [1.165, 1.54) is 19.3 Å². The Morgan fingerprint density at radius 2 is 2.20 bits per heavy atom. The SMILES string of the molecule is Cc1cc(NN)nc(C2CCC(C)C2)n1. The number of hydrogen-bond donors (Lipinski definition) is 2. The van der Waals surface area contributed by atoms with Gasteiger partial charge in [-0.05, 0) is 32.1 Å². The third-order valence-electron chi connectivity index (χ3n) is 3.08. The average Bonchev–Trinajstić information content (AvgIpc) is 2.64. The number of nitrogen functional groups attached to an aromatic ring is 1. The van der Waals surface area contributed by atoms with Crippen molar-refractivity contribution in [2.45, 2.75) is 39.0 Å². The van der Waals surface area contributed by atoms with Crippen molar-refractivity contribution in [3.05, 3.63) is 17.6 Å². The molecule has 0 radical (unpaired) electrons. The smallest absolute Gasteiger partial charge is 0.143 e. The van der Waals surface area contributed by atoms with Crippen LogP contribution in [-0.2, 0) is 0 Å². The number of rotatable bonds is 2. The summed E-state index contributed by atoms with van der Waals surface area (Å²) >= 11 is 0. The zero-order chi connectivity index (χ0) is 10.8. The van der Waals surface area contributed by atoms with Gasteiger partial charge in [0.2, 0.25) is 0 Å². The summed E-state index contributed by atoms with van der Waals surface area (Å²) in [7, 11) is 0. The van der Waals surface area contributed by atoms with E-state index in [1.807, 2.05) is 13.0 Å². The highest BCUT2D eigenvalue weighted by atomic mass is 15.3. The fourth-order valence-electron chi connectivity index (χ4n) is 2.29. The van der Waals surface area contributed by atoms with Gasteiger partial charge >= 0.3 is 0 Å². The molecule has 1 aromatic rings. The largest absolute Gasteiger partial charge is 0.308 e. The van der Waals surface area contributed by atoms with Crippen molar-refractivity contribution in [3.8, 4) is 0 Å². The number of nitrogens with one attached hydrogen (secondary N) is 1. The Hall–Kier alpha value is -1.16. The lowest BCUT2D eigenvalue weighted by Gasteiger charge is -2.10. The fourth-order valence-corrected chi connectivity index (χ4v) is 2.29. The van der Waals surface area contributed by atoms with Crippen LogP contribution in [0.25, 0.3) is 0 Å². The van der Waals surface area contributed by atoms with Gasteiger partial charge < -0.3 is 5.43 Å². The fraction of sp³-hybridized carbons (Fsp3) is 0.636. The van der Waals surface area contributed by atoms with E-state index in [9.17, 15) is 0 Å². The quantitative estimate of drug-likeness (QED) is 0.573. The lowest BCUT2D eigenvalue weighted by Crippen LogP contribution is -2.12. The zero-order valence-corrected chi connectivity index (χ0v) is 9.33. The molecule has 0 aliphatic heterocycles. The summed E-state index contributed by atoms with van der Waals surface area (Å²) in [5, 5.41) is 0. The molecule has 0 bridgehead atoms. The molecule has 1 aliphatic carbocycles. The Bertz CT molecular complexity index is 350. The second-order valence-electron chi connectivity index (χ2n) is 4.51. The number of nitrogens with zero attached hydrogens (tertiary/aromatic N) is 2. The highest BCUT2D eigenvalue weighted by Gasteiger charge is 2.25. The predicted octanol–water partition coefficient (Wildman–Crippen LogP) is 1.97. The van der Waals surface area contributed by atoms with E-state index in [2.05, 4.69) is 22.3 Å². The second kappa shape index (κ2) is 4.14. The highest BCUT2D eigenvalue weighted by molar-refractivity contribution is 5.34. The lowest BCUT2D eigenvalue weighted by molar-refractivity contribution is 0.584. The first-order chi connectivity index (χ1) is 7.19. The number of anilines is 1. The first-order valence-corrected chi connectivity index (χ1v) is 5.51. The van der Waals surface area contributed by atoms with Crippen LogP contribution < -0.4 is 11.3 Å². The molecule has 0 aromatic carbocycles. The van der Waals surface area contributed by atoms with Gasteiger partial charge in [0.15, 0.2) is 0 Å². The molecule has 2 atom stereocenters. The monoisotopic (exact) mass is 206 g/mol. The van der Waals surface area contributed by atoms with Crippen molar-refractivity contribution >= 4 is 5.82 Å². The first-order valence-electron chi connectivity index (χ1n) is 5.51. The molecule has 4 heteroatoms. The molecule has 82 valence electrons. The van der Waals surface area contributed by atoms with Gasteiger partial charge in [0, 0.05) is 17.7 Å². The minimum atomic E-state index is 0.520. The van der Waals surface area contributed by atoms with Gasteiger partial charge in [0.25, 0.3) is 0 Å². The number of nitrogens with two attached hydrogens (primary N) is 1. The molecule has 3 N–H and O–H groups in total. The van der Waals surface area contributed by atoms with Crippen LogP contribution in [0, 0.1) is 12.8 Å². The summed E-state index contributed by atoms with van der Waals surface area (Å²) < 4.78 is 0. The third-order valence-corrected chi connectivity index (χ3v) is 3.08. The van der Waals surface area contributed by atoms with E-state index in [4.69, 9.17) is 5.84 Å². The Kier molecular flexibility index (Phi) is 2.86. The average molecular weight is 206 g/mol. The van der Waals surface area contributed by atoms with Crippen molar-refractivity contribution in [2.24, 2.45) is 11.8 Å². The Morgan fingerprint density at radius 3 is 2.80 bits per heavy atom. The molecule has 1 heterocycles. The third kappa shape index (κ3) is 2.26. The maximum absolute atomic E-state index is 5.37.